The first-order valence-electron chi connectivity index (χ1n) is 8.06. The van der Waals surface area contributed by atoms with E-state index >= 15 is 0 Å². The van der Waals surface area contributed by atoms with Crippen LogP contribution in [0.2, 0.25) is 0 Å². The van der Waals surface area contributed by atoms with Gasteiger partial charge in [-0.15, -0.1) is 0 Å². The van der Waals surface area contributed by atoms with Crippen LogP contribution < -0.4 is 16.6 Å². The highest BCUT2D eigenvalue weighted by molar-refractivity contribution is 7.89. The number of hydrogen-bond acceptors (Lipinski definition) is 4. The molecular weight excluding hydrogens is 341 g/mol. The average Bonchev–Trinajstić information content (AvgIpc) is 2.54. The number of nitrogen functional groups attached to an aromatic ring is 2. The van der Waals surface area contributed by atoms with Gasteiger partial charge in [0.15, 0.2) is 0 Å². The van der Waals surface area contributed by atoms with Crippen LogP contribution in [-0.2, 0) is 10.0 Å². The normalized spacial score (nSPS) is 14.2. The molecule has 0 aliphatic heterocycles. The van der Waals surface area contributed by atoms with Crippen molar-refractivity contribution in [2.75, 3.05) is 11.5 Å². The minimum atomic E-state index is -3.54. The first-order valence-corrected chi connectivity index (χ1v) is 9.67. The molecule has 2 aromatic rings. The Kier molecular flexibility index (Phi) is 5.69. The average molecular weight is 365 g/mol. The Morgan fingerprint density at radius 1 is 1.00 bits per heavy atom. The summed E-state index contributed by atoms with van der Waals surface area (Å²) >= 11 is 0. The van der Waals surface area contributed by atoms with E-state index in [1.807, 2.05) is 13.0 Å². The van der Waals surface area contributed by atoms with Gasteiger partial charge in [0.05, 0.1) is 16.6 Å². The Labute approximate surface area is 148 Å². The summed E-state index contributed by atoms with van der Waals surface area (Å²) in [6.07, 6.45) is 1.03. The lowest BCUT2D eigenvalue weighted by Crippen LogP contribution is -2.26. The molecule has 2 aromatic carbocycles. The number of nitrogens with two attached hydrogens (primary N) is 3. The molecule has 7 heteroatoms. The highest BCUT2D eigenvalue weighted by Crippen LogP contribution is 2.30. The van der Waals surface area contributed by atoms with Gasteiger partial charge in [-0.3, -0.25) is 0 Å². The van der Waals surface area contributed by atoms with Crippen molar-refractivity contribution in [1.29, 1.82) is 0 Å². The van der Waals surface area contributed by atoms with E-state index in [2.05, 4.69) is 0 Å². The van der Waals surface area contributed by atoms with Crippen LogP contribution in [0.15, 0.2) is 36.4 Å². The molecule has 0 amide bonds. The van der Waals surface area contributed by atoms with E-state index in [4.69, 9.17) is 16.6 Å². The number of anilines is 2. The fourth-order valence-electron chi connectivity index (χ4n) is 2.63. The summed E-state index contributed by atoms with van der Waals surface area (Å²) in [5, 5.41) is 4.51. The molecular formula is C18H24FN3O2S. The van der Waals surface area contributed by atoms with Crippen LogP contribution in [0.4, 0.5) is 15.8 Å². The number of benzene rings is 2. The number of halogens is 1. The number of primary sulfonamides is 1. The summed E-state index contributed by atoms with van der Waals surface area (Å²) < 4.78 is 37.1. The van der Waals surface area contributed by atoms with E-state index in [1.54, 1.807) is 31.2 Å². The second kappa shape index (κ2) is 7.41. The zero-order chi connectivity index (χ0) is 18.8. The topological polar surface area (TPSA) is 112 Å². The first kappa shape index (κ1) is 19.2. The van der Waals surface area contributed by atoms with E-state index in [0.29, 0.717) is 35.3 Å². The van der Waals surface area contributed by atoms with Crippen LogP contribution in [0.1, 0.15) is 38.2 Å². The van der Waals surface area contributed by atoms with Gasteiger partial charge in [-0.2, -0.15) is 0 Å². The van der Waals surface area contributed by atoms with Gasteiger partial charge in [0.2, 0.25) is 10.0 Å². The van der Waals surface area contributed by atoms with E-state index in [-0.39, 0.29) is 11.7 Å². The summed E-state index contributed by atoms with van der Waals surface area (Å²) in [6, 6.07) is 10.0. The van der Waals surface area contributed by atoms with Crippen LogP contribution in [0, 0.1) is 5.82 Å². The molecule has 0 saturated heterocycles. The van der Waals surface area contributed by atoms with Gasteiger partial charge in [0, 0.05) is 5.56 Å². The van der Waals surface area contributed by atoms with Crippen molar-refractivity contribution in [2.24, 2.45) is 5.14 Å². The van der Waals surface area contributed by atoms with Crippen molar-refractivity contribution in [3.05, 3.63) is 47.8 Å². The van der Waals surface area contributed by atoms with Crippen molar-refractivity contribution in [2.45, 2.75) is 37.9 Å². The van der Waals surface area contributed by atoms with Crippen LogP contribution in [-0.4, -0.2) is 13.7 Å². The van der Waals surface area contributed by atoms with E-state index in [9.17, 15) is 12.8 Å². The van der Waals surface area contributed by atoms with Gasteiger partial charge >= 0.3 is 0 Å². The summed E-state index contributed by atoms with van der Waals surface area (Å²) in [4.78, 5) is 0. The summed E-state index contributed by atoms with van der Waals surface area (Å²) in [6.45, 7) is 3.52. The Morgan fingerprint density at radius 3 is 2.24 bits per heavy atom. The van der Waals surface area contributed by atoms with E-state index < -0.39 is 15.3 Å². The first-order chi connectivity index (χ1) is 11.6. The number of hydrogen-bond donors (Lipinski definition) is 3. The fourth-order valence-corrected chi connectivity index (χ4v) is 3.09. The van der Waals surface area contributed by atoms with Crippen LogP contribution in [0.3, 0.4) is 0 Å². The molecule has 0 heterocycles. The second-order valence-corrected chi connectivity index (χ2v) is 8.44. The molecule has 0 aromatic heterocycles. The number of sulfonamides is 1. The third-order valence-electron chi connectivity index (χ3n) is 4.53. The largest absolute Gasteiger partial charge is 0.397 e. The fraction of sp³-hybridized carbons (Fsp3) is 0.333. The van der Waals surface area contributed by atoms with Crippen LogP contribution in [0.5, 0.6) is 0 Å². The Bertz CT molecular complexity index is 869. The minimum Gasteiger partial charge on any atom is -0.397 e. The SMILES string of the molecule is CC(CCC(C)S(N)(=O)=O)c1ccc(-c2ccc(N)c(N)c2)c(F)c1. The molecule has 2 unspecified atom stereocenters. The summed E-state index contributed by atoms with van der Waals surface area (Å²) in [7, 11) is -3.54. The molecule has 6 N–H and O–H groups in total. The van der Waals surface area contributed by atoms with E-state index in [1.165, 1.54) is 6.07 Å². The van der Waals surface area contributed by atoms with E-state index in [0.717, 1.165) is 5.56 Å². The lowest BCUT2D eigenvalue weighted by molar-refractivity contribution is 0.560. The monoisotopic (exact) mass is 365 g/mol. The summed E-state index contributed by atoms with van der Waals surface area (Å²) in [5.74, 6) is -0.336. The van der Waals surface area contributed by atoms with Crippen molar-refractivity contribution < 1.29 is 12.8 Å². The molecule has 5 nitrogen and oxygen atoms in total. The van der Waals surface area contributed by atoms with Gasteiger partial charge < -0.3 is 11.5 Å². The molecule has 2 atom stereocenters. The molecule has 0 fully saturated rings. The molecule has 0 saturated carbocycles. The zero-order valence-electron chi connectivity index (χ0n) is 14.4. The highest BCUT2D eigenvalue weighted by atomic mass is 32.2. The van der Waals surface area contributed by atoms with Crippen LogP contribution in [0.25, 0.3) is 11.1 Å². The molecule has 0 aliphatic carbocycles. The lowest BCUT2D eigenvalue weighted by atomic mass is 9.93. The molecule has 25 heavy (non-hydrogen) atoms. The third-order valence-corrected chi connectivity index (χ3v) is 5.88. The third kappa shape index (κ3) is 4.70. The smallest absolute Gasteiger partial charge is 0.211 e. The Hall–Kier alpha value is -2.12. The maximum Gasteiger partial charge on any atom is 0.211 e. The van der Waals surface area contributed by atoms with Gasteiger partial charge in [-0.1, -0.05) is 25.1 Å². The molecule has 0 radical (unpaired) electrons. The number of rotatable bonds is 6. The highest BCUT2D eigenvalue weighted by Gasteiger charge is 2.18. The quantitative estimate of drug-likeness (QED) is 0.682. The maximum atomic E-state index is 14.5. The standard InChI is InChI=1S/C18H24FN3O2S/c1-11(3-4-12(2)25(22,23)24)13-5-7-15(16(19)9-13)14-6-8-17(20)18(21)10-14/h5-12H,3-4,20-21H2,1-2H3,(H2,22,23,24). The van der Waals surface area contributed by atoms with Crippen molar-refractivity contribution in [1.82, 2.24) is 0 Å². The molecule has 0 aliphatic rings. The predicted molar refractivity (Wildman–Crippen MR) is 101 cm³/mol. The summed E-state index contributed by atoms with van der Waals surface area (Å²) in [5.41, 5.74) is 14.2. The van der Waals surface area contributed by atoms with Crippen molar-refractivity contribution in [3.63, 3.8) is 0 Å². The van der Waals surface area contributed by atoms with Crippen LogP contribution >= 0.6 is 0 Å². The second-order valence-electron chi connectivity index (χ2n) is 6.46. The zero-order valence-corrected chi connectivity index (χ0v) is 15.2. The Morgan fingerprint density at radius 2 is 1.68 bits per heavy atom. The molecule has 0 bridgehead atoms. The Balaban J connectivity index is 2.17. The van der Waals surface area contributed by atoms with Gasteiger partial charge in [-0.25, -0.2) is 17.9 Å². The lowest BCUT2D eigenvalue weighted by Gasteiger charge is -2.16. The predicted octanol–water partition coefficient (Wildman–Crippen LogP) is 3.22. The van der Waals surface area contributed by atoms with Gasteiger partial charge in [0.1, 0.15) is 5.82 Å². The molecule has 136 valence electrons. The van der Waals surface area contributed by atoms with Crippen molar-refractivity contribution in [3.8, 4) is 11.1 Å². The maximum absolute atomic E-state index is 14.5. The van der Waals surface area contributed by atoms with Crippen molar-refractivity contribution >= 4 is 21.4 Å². The minimum absolute atomic E-state index is 0.0178. The van der Waals surface area contributed by atoms with Gasteiger partial charge in [0.25, 0.3) is 0 Å². The molecule has 0 spiro atoms. The molecule has 2 rings (SSSR count). The van der Waals surface area contributed by atoms with Gasteiger partial charge in [-0.05, 0) is 55.0 Å².